The van der Waals surface area contributed by atoms with Crippen LogP contribution in [0.3, 0.4) is 0 Å². The van der Waals surface area contributed by atoms with Gasteiger partial charge in [0.2, 0.25) is 5.89 Å². The molecule has 12 rings (SSSR count). The Morgan fingerprint density at radius 3 is 1.93 bits per heavy atom. The van der Waals surface area contributed by atoms with E-state index in [1.165, 1.54) is 33.4 Å². The van der Waals surface area contributed by atoms with Gasteiger partial charge in [-0.2, -0.15) is 0 Å². The summed E-state index contributed by atoms with van der Waals surface area (Å²) in [6.07, 6.45) is 0.918. The number of oxazole rings is 1. The summed E-state index contributed by atoms with van der Waals surface area (Å²) in [5, 5.41) is 4.44. The molecule has 0 saturated heterocycles. The van der Waals surface area contributed by atoms with Crippen LogP contribution in [0.5, 0.6) is 0 Å². The molecule has 9 aromatic carbocycles. The van der Waals surface area contributed by atoms with Gasteiger partial charge in [0, 0.05) is 44.6 Å². The van der Waals surface area contributed by atoms with E-state index >= 15 is 0 Å². The summed E-state index contributed by atoms with van der Waals surface area (Å²) in [6.45, 7) is 0. The molecule has 0 N–H and O–H groups in total. The van der Waals surface area contributed by atoms with Gasteiger partial charge in [-0.25, -0.2) is 4.98 Å². The van der Waals surface area contributed by atoms with Gasteiger partial charge in [0.25, 0.3) is 0 Å². The quantitative estimate of drug-likeness (QED) is 0.170. The van der Waals surface area contributed by atoms with Crippen molar-refractivity contribution in [1.82, 2.24) is 4.98 Å². The maximum Gasteiger partial charge on any atom is 0.227 e. The third-order valence-electron chi connectivity index (χ3n) is 11.7. The summed E-state index contributed by atoms with van der Waals surface area (Å²) < 4.78 is 13.1. The van der Waals surface area contributed by atoms with E-state index in [2.05, 4.69) is 157 Å². The van der Waals surface area contributed by atoms with Gasteiger partial charge in [0.15, 0.2) is 5.58 Å². The SMILES string of the molecule is c1ccc(-c2ccc(N(c3cccc4c3-c3ccccc3C4)c3cc4oc5ccc(-c6cccc7oc(-c8ccccc8)nc67)cc5c4c4ccccc34)cc2)cc1. The highest BCUT2D eigenvalue weighted by atomic mass is 16.3. The summed E-state index contributed by atoms with van der Waals surface area (Å²) in [7, 11) is 0. The molecular formula is C54H34N2O2. The van der Waals surface area contributed by atoms with Crippen molar-refractivity contribution in [2.24, 2.45) is 0 Å². The number of hydrogen-bond donors (Lipinski definition) is 0. The number of furan rings is 1. The van der Waals surface area contributed by atoms with Gasteiger partial charge in [-0.3, -0.25) is 0 Å². The first kappa shape index (κ1) is 32.5. The average molecular weight is 743 g/mol. The molecule has 2 aromatic heterocycles. The van der Waals surface area contributed by atoms with Crippen LogP contribution in [0.1, 0.15) is 11.1 Å². The summed E-state index contributed by atoms with van der Waals surface area (Å²) in [4.78, 5) is 7.43. The highest BCUT2D eigenvalue weighted by Crippen LogP contribution is 2.50. The van der Waals surface area contributed by atoms with Crippen LogP contribution in [-0.4, -0.2) is 4.98 Å². The molecule has 11 aromatic rings. The van der Waals surface area contributed by atoms with Gasteiger partial charge < -0.3 is 13.7 Å². The maximum absolute atomic E-state index is 6.83. The number of hydrogen-bond acceptors (Lipinski definition) is 4. The maximum atomic E-state index is 6.83. The van der Waals surface area contributed by atoms with Crippen LogP contribution in [-0.2, 0) is 6.42 Å². The highest BCUT2D eigenvalue weighted by molar-refractivity contribution is 6.23. The van der Waals surface area contributed by atoms with Gasteiger partial charge in [-0.1, -0.05) is 140 Å². The second kappa shape index (κ2) is 12.9. The van der Waals surface area contributed by atoms with Crippen LogP contribution < -0.4 is 4.90 Å². The topological polar surface area (TPSA) is 42.4 Å². The summed E-state index contributed by atoms with van der Waals surface area (Å²) in [5.41, 5.74) is 17.2. The minimum absolute atomic E-state index is 0.614. The fraction of sp³-hybridized carbons (Fsp3) is 0.0185. The molecule has 4 heteroatoms. The van der Waals surface area contributed by atoms with E-state index in [1.54, 1.807) is 0 Å². The second-order valence-electron chi connectivity index (χ2n) is 15.1. The average Bonchev–Trinajstić information content (AvgIpc) is 4.01. The fourth-order valence-electron chi connectivity index (χ4n) is 9.06. The zero-order valence-electron chi connectivity index (χ0n) is 31.4. The van der Waals surface area contributed by atoms with Crippen LogP contribution in [0.25, 0.3) is 88.6 Å². The van der Waals surface area contributed by atoms with Crippen molar-refractivity contribution < 1.29 is 8.83 Å². The highest BCUT2D eigenvalue weighted by Gasteiger charge is 2.27. The third kappa shape index (κ3) is 5.12. The molecule has 0 fully saturated rings. The molecule has 0 bridgehead atoms. The van der Waals surface area contributed by atoms with Gasteiger partial charge in [-0.05, 0) is 93.7 Å². The number of benzene rings is 9. The first-order valence-electron chi connectivity index (χ1n) is 19.7. The van der Waals surface area contributed by atoms with Crippen molar-refractivity contribution in [1.29, 1.82) is 0 Å². The van der Waals surface area contributed by atoms with Crippen molar-refractivity contribution in [3.63, 3.8) is 0 Å². The number of para-hydroxylation sites is 1. The Bertz CT molecular complexity index is 3360. The summed E-state index contributed by atoms with van der Waals surface area (Å²) in [6, 6.07) is 68.8. The molecule has 0 radical (unpaired) electrons. The zero-order chi connectivity index (χ0) is 38.2. The van der Waals surface area contributed by atoms with Crippen molar-refractivity contribution in [3.8, 4) is 44.8 Å². The molecule has 0 atom stereocenters. The molecule has 4 nitrogen and oxygen atoms in total. The van der Waals surface area contributed by atoms with Crippen molar-refractivity contribution in [3.05, 3.63) is 205 Å². The number of anilines is 3. The lowest BCUT2D eigenvalue weighted by Crippen LogP contribution is -2.12. The standard InChI is InChI=1S/C54H34N2O2/c1-3-13-34(14-4-1)35-25-28-40(29-26-35)56(46-23-11-18-39-31-37-17-7-8-19-41(37)51(39)46)47-33-50-52(44-21-10-9-20-43(44)47)45-32-38(27-30-48(45)57-50)42-22-12-24-49-53(42)55-54(58-49)36-15-5-2-6-16-36/h1-30,32-33H,31H2. The molecule has 272 valence electrons. The van der Waals surface area contributed by atoms with Gasteiger partial charge in [0.05, 0.1) is 11.4 Å². The first-order chi connectivity index (χ1) is 28.7. The minimum Gasteiger partial charge on any atom is -0.456 e. The molecule has 0 amide bonds. The van der Waals surface area contributed by atoms with E-state index in [-0.39, 0.29) is 0 Å². The molecular weight excluding hydrogens is 709 g/mol. The third-order valence-corrected chi connectivity index (χ3v) is 11.7. The molecule has 2 heterocycles. The summed E-state index contributed by atoms with van der Waals surface area (Å²) >= 11 is 0. The fourth-order valence-corrected chi connectivity index (χ4v) is 9.06. The first-order valence-corrected chi connectivity index (χ1v) is 19.7. The van der Waals surface area contributed by atoms with Gasteiger partial charge >= 0.3 is 0 Å². The normalized spacial score (nSPS) is 12.1. The Labute approximate surface area is 334 Å². The molecule has 1 aliphatic carbocycles. The van der Waals surface area contributed by atoms with E-state index in [0.717, 1.165) is 84.0 Å². The second-order valence-corrected chi connectivity index (χ2v) is 15.1. The predicted molar refractivity (Wildman–Crippen MR) is 238 cm³/mol. The minimum atomic E-state index is 0.614. The predicted octanol–water partition coefficient (Wildman–Crippen LogP) is 14.9. The van der Waals surface area contributed by atoms with Crippen LogP contribution >= 0.6 is 0 Å². The molecule has 58 heavy (non-hydrogen) atoms. The van der Waals surface area contributed by atoms with Crippen LogP contribution in [0.2, 0.25) is 0 Å². The lowest BCUT2D eigenvalue weighted by Gasteiger charge is -2.29. The van der Waals surface area contributed by atoms with Crippen LogP contribution in [0.4, 0.5) is 17.1 Å². The molecule has 0 saturated carbocycles. The van der Waals surface area contributed by atoms with Crippen LogP contribution in [0, 0.1) is 0 Å². The Morgan fingerprint density at radius 1 is 0.414 bits per heavy atom. The van der Waals surface area contributed by atoms with Crippen molar-refractivity contribution in [2.75, 3.05) is 4.90 Å². The van der Waals surface area contributed by atoms with E-state index in [4.69, 9.17) is 13.8 Å². The Hall–Kier alpha value is -7.69. The van der Waals surface area contributed by atoms with E-state index < -0.39 is 0 Å². The monoisotopic (exact) mass is 742 g/mol. The number of nitrogens with zero attached hydrogens (tertiary/aromatic N) is 2. The Balaban J connectivity index is 1.07. The smallest absolute Gasteiger partial charge is 0.227 e. The number of fused-ring (bicyclic) bond motifs is 9. The van der Waals surface area contributed by atoms with Gasteiger partial charge in [0.1, 0.15) is 16.7 Å². The molecule has 0 spiro atoms. The molecule has 0 unspecified atom stereocenters. The number of aromatic nitrogens is 1. The van der Waals surface area contributed by atoms with Crippen molar-refractivity contribution >= 4 is 60.9 Å². The molecule has 0 aliphatic heterocycles. The van der Waals surface area contributed by atoms with E-state index in [9.17, 15) is 0 Å². The van der Waals surface area contributed by atoms with Crippen LogP contribution in [0.15, 0.2) is 203 Å². The lowest BCUT2D eigenvalue weighted by molar-refractivity contribution is 0.620. The Kier molecular flexibility index (Phi) is 7.26. The van der Waals surface area contributed by atoms with E-state index in [1.807, 2.05) is 42.5 Å². The van der Waals surface area contributed by atoms with E-state index in [0.29, 0.717) is 5.89 Å². The molecule has 1 aliphatic rings. The largest absolute Gasteiger partial charge is 0.456 e. The van der Waals surface area contributed by atoms with Gasteiger partial charge in [-0.15, -0.1) is 0 Å². The van der Waals surface area contributed by atoms with Crippen molar-refractivity contribution in [2.45, 2.75) is 6.42 Å². The number of rotatable bonds is 6. The summed E-state index contributed by atoms with van der Waals surface area (Å²) in [5.74, 6) is 0.614. The zero-order valence-corrected chi connectivity index (χ0v) is 31.4. The lowest BCUT2D eigenvalue weighted by atomic mass is 9.97. The Morgan fingerprint density at radius 2 is 1.09 bits per heavy atom.